The minimum absolute atomic E-state index is 0.0959. The van der Waals surface area contributed by atoms with Crippen LogP contribution in [-0.2, 0) is 9.59 Å². The van der Waals surface area contributed by atoms with Crippen LogP contribution in [0.1, 0.15) is 39.5 Å². The number of primary amides is 1. The van der Waals surface area contributed by atoms with E-state index in [9.17, 15) is 9.59 Å². The predicted molar refractivity (Wildman–Crippen MR) is 73.0 cm³/mol. The zero-order valence-corrected chi connectivity index (χ0v) is 12.0. The smallest absolute Gasteiger partial charge is 0.239 e. The number of unbranched alkanes of at least 4 members (excludes halogenated alkanes) is 1. The fraction of sp³-hybridized carbons (Fsp3) is 0.846. The summed E-state index contributed by atoms with van der Waals surface area (Å²) in [5.74, 6) is -0.259. The van der Waals surface area contributed by atoms with E-state index >= 15 is 0 Å². The Balaban J connectivity index is 4.00. The summed E-state index contributed by atoms with van der Waals surface area (Å²) >= 11 is 0. The second-order valence-corrected chi connectivity index (χ2v) is 5.42. The fourth-order valence-corrected chi connectivity index (χ4v) is 1.69. The molecule has 1 unspecified atom stereocenters. The van der Waals surface area contributed by atoms with Gasteiger partial charge in [0.1, 0.15) is 6.04 Å². The predicted octanol–water partition coefficient (Wildman–Crippen LogP) is 0.735. The summed E-state index contributed by atoms with van der Waals surface area (Å²) in [7, 11) is 4.02. The molecule has 0 aromatic rings. The van der Waals surface area contributed by atoms with Gasteiger partial charge in [-0.1, -0.05) is 13.8 Å². The molecule has 18 heavy (non-hydrogen) atoms. The summed E-state index contributed by atoms with van der Waals surface area (Å²) in [5, 5.41) is 2.71. The Morgan fingerprint density at radius 3 is 2.28 bits per heavy atom. The molecule has 0 fully saturated rings. The molecule has 0 aliphatic heterocycles. The van der Waals surface area contributed by atoms with Gasteiger partial charge in [-0.2, -0.15) is 0 Å². The zero-order chi connectivity index (χ0) is 14.1. The topological polar surface area (TPSA) is 75.4 Å². The maximum absolute atomic E-state index is 11.6. The highest BCUT2D eigenvalue weighted by Gasteiger charge is 2.17. The molecule has 1 atom stereocenters. The van der Waals surface area contributed by atoms with Crippen LogP contribution in [0, 0.1) is 5.92 Å². The number of nitrogens with zero attached hydrogens (tertiary/aromatic N) is 1. The van der Waals surface area contributed by atoms with Crippen LogP contribution in [0.4, 0.5) is 0 Å². The van der Waals surface area contributed by atoms with Crippen molar-refractivity contribution in [2.24, 2.45) is 11.7 Å². The summed E-state index contributed by atoms with van der Waals surface area (Å²) in [4.78, 5) is 24.9. The van der Waals surface area contributed by atoms with Crippen LogP contribution in [0.25, 0.3) is 0 Å². The van der Waals surface area contributed by atoms with Gasteiger partial charge >= 0.3 is 0 Å². The zero-order valence-electron chi connectivity index (χ0n) is 12.0. The molecule has 5 heteroatoms. The van der Waals surface area contributed by atoms with E-state index in [0.29, 0.717) is 12.8 Å². The summed E-state index contributed by atoms with van der Waals surface area (Å²) in [6.45, 7) is 4.91. The Morgan fingerprint density at radius 1 is 1.22 bits per heavy atom. The minimum Gasteiger partial charge on any atom is -0.368 e. The number of rotatable bonds is 9. The van der Waals surface area contributed by atoms with E-state index in [1.165, 1.54) is 0 Å². The molecule has 0 aliphatic rings. The Kier molecular flexibility index (Phi) is 8.37. The second kappa shape index (κ2) is 8.91. The number of hydrogen-bond acceptors (Lipinski definition) is 3. The van der Waals surface area contributed by atoms with Crippen LogP contribution in [0.3, 0.4) is 0 Å². The molecule has 0 aliphatic carbocycles. The van der Waals surface area contributed by atoms with Crippen LogP contribution >= 0.6 is 0 Å². The Hall–Kier alpha value is -1.10. The van der Waals surface area contributed by atoms with Gasteiger partial charge in [0.2, 0.25) is 11.8 Å². The standard InChI is InChI=1S/C13H27N3O2/c1-10(2)9-12(17)15-11(13(14)18)7-5-6-8-16(3)4/h10-11H,5-9H2,1-4H3,(H2,14,18)(H,15,17). The third kappa shape index (κ3) is 8.98. The van der Waals surface area contributed by atoms with E-state index in [2.05, 4.69) is 10.2 Å². The van der Waals surface area contributed by atoms with Crippen LogP contribution in [0.2, 0.25) is 0 Å². The summed E-state index contributed by atoms with van der Waals surface area (Å²) < 4.78 is 0. The summed E-state index contributed by atoms with van der Waals surface area (Å²) in [6.07, 6.45) is 2.93. The molecule has 2 amide bonds. The van der Waals surface area contributed by atoms with E-state index < -0.39 is 11.9 Å². The highest BCUT2D eigenvalue weighted by Crippen LogP contribution is 2.04. The van der Waals surface area contributed by atoms with Gasteiger partial charge in [0, 0.05) is 6.42 Å². The molecule has 0 aromatic carbocycles. The first-order valence-corrected chi connectivity index (χ1v) is 6.56. The van der Waals surface area contributed by atoms with Crippen molar-refractivity contribution in [3.63, 3.8) is 0 Å². The van der Waals surface area contributed by atoms with Crippen LogP contribution in [-0.4, -0.2) is 43.4 Å². The van der Waals surface area contributed by atoms with Gasteiger partial charge in [0.15, 0.2) is 0 Å². The summed E-state index contributed by atoms with van der Waals surface area (Å²) in [6, 6.07) is -0.529. The monoisotopic (exact) mass is 257 g/mol. The lowest BCUT2D eigenvalue weighted by atomic mass is 10.1. The maximum Gasteiger partial charge on any atom is 0.239 e. The van der Waals surface area contributed by atoms with Gasteiger partial charge in [-0.05, 0) is 45.8 Å². The number of nitrogens with two attached hydrogens (primary N) is 1. The van der Waals surface area contributed by atoms with Crippen molar-refractivity contribution in [1.82, 2.24) is 10.2 Å². The largest absolute Gasteiger partial charge is 0.368 e. The van der Waals surface area contributed by atoms with E-state index in [-0.39, 0.29) is 11.8 Å². The van der Waals surface area contributed by atoms with E-state index in [4.69, 9.17) is 5.73 Å². The number of amides is 2. The maximum atomic E-state index is 11.6. The Morgan fingerprint density at radius 2 is 1.83 bits per heavy atom. The van der Waals surface area contributed by atoms with Gasteiger partial charge in [-0.25, -0.2) is 0 Å². The second-order valence-electron chi connectivity index (χ2n) is 5.42. The van der Waals surface area contributed by atoms with Crippen molar-refractivity contribution in [3.05, 3.63) is 0 Å². The lowest BCUT2D eigenvalue weighted by Crippen LogP contribution is -2.44. The average molecular weight is 257 g/mol. The molecular formula is C13H27N3O2. The van der Waals surface area contributed by atoms with Crippen molar-refractivity contribution < 1.29 is 9.59 Å². The molecule has 0 saturated heterocycles. The molecule has 0 bridgehead atoms. The molecule has 0 aromatic heterocycles. The van der Waals surface area contributed by atoms with Crippen molar-refractivity contribution in [3.8, 4) is 0 Å². The molecule has 0 saturated carbocycles. The van der Waals surface area contributed by atoms with Crippen molar-refractivity contribution >= 4 is 11.8 Å². The molecule has 3 N–H and O–H groups in total. The Labute approximate surface area is 110 Å². The van der Waals surface area contributed by atoms with Gasteiger partial charge < -0.3 is 16.0 Å². The first kappa shape index (κ1) is 16.9. The highest BCUT2D eigenvalue weighted by molar-refractivity contribution is 5.86. The van der Waals surface area contributed by atoms with Gasteiger partial charge in [0.25, 0.3) is 0 Å². The Bertz CT molecular complexity index is 265. The normalized spacial score (nSPS) is 12.8. The van der Waals surface area contributed by atoms with E-state index in [1.807, 2.05) is 27.9 Å². The number of nitrogens with one attached hydrogen (secondary N) is 1. The third-order valence-corrected chi connectivity index (χ3v) is 2.62. The lowest BCUT2D eigenvalue weighted by Gasteiger charge is -2.17. The number of carbonyl (C=O) groups is 2. The minimum atomic E-state index is -0.529. The lowest BCUT2D eigenvalue weighted by molar-refractivity contribution is -0.128. The van der Waals surface area contributed by atoms with Crippen molar-refractivity contribution in [2.75, 3.05) is 20.6 Å². The van der Waals surface area contributed by atoms with Crippen LogP contribution in [0.5, 0.6) is 0 Å². The molecule has 0 radical (unpaired) electrons. The number of carbonyl (C=O) groups excluding carboxylic acids is 2. The quantitative estimate of drug-likeness (QED) is 0.598. The van der Waals surface area contributed by atoms with Crippen molar-refractivity contribution in [1.29, 1.82) is 0 Å². The van der Waals surface area contributed by atoms with Gasteiger partial charge in [-0.15, -0.1) is 0 Å². The van der Waals surface area contributed by atoms with Crippen LogP contribution < -0.4 is 11.1 Å². The fourth-order valence-electron chi connectivity index (χ4n) is 1.69. The van der Waals surface area contributed by atoms with Crippen molar-refractivity contribution in [2.45, 2.75) is 45.6 Å². The van der Waals surface area contributed by atoms with Gasteiger partial charge in [-0.3, -0.25) is 9.59 Å². The SMILES string of the molecule is CC(C)CC(=O)NC(CCCCN(C)C)C(N)=O. The molecule has 0 heterocycles. The molecule has 0 spiro atoms. The summed E-state index contributed by atoms with van der Waals surface area (Å²) in [5.41, 5.74) is 5.29. The first-order valence-electron chi connectivity index (χ1n) is 6.56. The molecule has 5 nitrogen and oxygen atoms in total. The first-order chi connectivity index (χ1) is 8.32. The van der Waals surface area contributed by atoms with E-state index in [1.54, 1.807) is 0 Å². The molecule has 0 rings (SSSR count). The van der Waals surface area contributed by atoms with E-state index in [0.717, 1.165) is 19.4 Å². The molecule has 106 valence electrons. The highest BCUT2D eigenvalue weighted by atomic mass is 16.2. The third-order valence-electron chi connectivity index (χ3n) is 2.62. The van der Waals surface area contributed by atoms with Gasteiger partial charge in [0.05, 0.1) is 0 Å². The molecular weight excluding hydrogens is 230 g/mol. The average Bonchev–Trinajstić information content (AvgIpc) is 2.20. The van der Waals surface area contributed by atoms with Crippen LogP contribution in [0.15, 0.2) is 0 Å². The number of hydrogen-bond donors (Lipinski definition) is 2.